The summed E-state index contributed by atoms with van der Waals surface area (Å²) < 4.78 is 7.62. The van der Waals surface area contributed by atoms with Crippen LogP contribution >= 0.6 is 11.6 Å². The molecule has 0 atom stereocenters. The van der Waals surface area contributed by atoms with Crippen LogP contribution in [0.2, 0.25) is 5.02 Å². The predicted octanol–water partition coefficient (Wildman–Crippen LogP) is 4.55. The van der Waals surface area contributed by atoms with Crippen molar-refractivity contribution < 1.29 is 9.53 Å². The second-order valence-corrected chi connectivity index (χ2v) is 7.74. The number of nitriles is 1. The molecule has 1 aromatic carbocycles. The first kappa shape index (κ1) is 21.9. The Balaban J connectivity index is 1.88. The van der Waals surface area contributed by atoms with Gasteiger partial charge in [0, 0.05) is 31.0 Å². The number of carbonyl (C=O) groups is 1. The van der Waals surface area contributed by atoms with Crippen molar-refractivity contribution >= 4 is 35.0 Å². The van der Waals surface area contributed by atoms with Gasteiger partial charge in [-0.05, 0) is 50.1 Å². The van der Waals surface area contributed by atoms with Crippen LogP contribution in [-0.4, -0.2) is 36.8 Å². The molecule has 1 amide bonds. The van der Waals surface area contributed by atoms with Crippen molar-refractivity contribution in [2.24, 2.45) is 0 Å². The van der Waals surface area contributed by atoms with Gasteiger partial charge in [0.15, 0.2) is 0 Å². The van der Waals surface area contributed by atoms with E-state index in [2.05, 4.69) is 21.7 Å². The van der Waals surface area contributed by atoms with Gasteiger partial charge in [0.2, 0.25) is 0 Å². The maximum absolute atomic E-state index is 12.9. The van der Waals surface area contributed by atoms with Crippen LogP contribution in [0.1, 0.15) is 30.3 Å². The third-order valence-electron chi connectivity index (χ3n) is 5.29. The number of aromatic nitrogens is 1. The van der Waals surface area contributed by atoms with Gasteiger partial charge < -0.3 is 19.5 Å². The maximum Gasteiger partial charge on any atom is 0.266 e. The minimum Gasteiger partial charge on any atom is -0.378 e. The van der Waals surface area contributed by atoms with Crippen LogP contribution in [0.3, 0.4) is 0 Å². The number of nitrogens with one attached hydrogen (secondary N) is 1. The van der Waals surface area contributed by atoms with Crippen LogP contribution in [0.5, 0.6) is 0 Å². The topological polar surface area (TPSA) is 70.3 Å². The number of anilines is 2. The van der Waals surface area contributed by atoms with E-state index in [1.165, 1.54) is 0 Å². The fraction of sp³-hybridized carbons (Fsp3) is 0.391. The van der Waals surface area contributed by atoms with Crippen LogP contribution in [0.15, 0.2) is 29.8 Å². The van der Waals surface area contributed by atoms with Crippen LogP contribution in [0.4, 0.5) is 11.4 Å². The van der Waals surface area contributed by atoms with Crippen LogP contribution in [0, 0.1) is 25.2 Å². The number of aryl methyl sites for hydroxylation is 1. The van der Waals surface area contributed by atoms with Crippen molar-refractivity contribution in [2.45, 2.75) is 33.7 Å². The summed E-state index contributed by atoms with van der Waals surface area (Å²) in [6.45, 7) is 9.67. The predicted molar refractivity (Wildman–Crippen MR) is 121 cm³/mol. The van der Waals surface area contributed by atoms with Crippen LogP contribution in [0.25, 0.3) is 6.08 Å². The molecule has 2 aromatic rings. The Morgan fingerprint density at radius 1 is 1.33 bits per heavy atom. The summed E-state index contributed by atoms with van der Waals surface area (Å²) in [5, 5.41) is 13.1. The van der Waals surface area contributed by atoms with E-state index in [4.69, 9.17) is 16.3 Å². The Hall–Kier alpha value is -2.75. The molecule has 0 saturated carbocycles. The van der Waals surface area contributed by atoms with Crippen molar-refractivity contribution in [3.05, 3.63) is 51.8 Å². The number of rotatable bonds is 6. The average Bonchev–Trinajstić information content (AvgIpc) is 3.00. The molecule has 7 heteroatoms. The van der Waals surface area contributed by atoms with Gasteiger partial charge in [-0.25, -0.2) is 0 Å². The first-order valence-electron chi connectivity index (χ1n) is 10.2. The van der Waals surface area contributed by atoms with E-state index in [1.54, 1.807) is 24.3 Å². The average molecular weight is 427 g/mol. The molecule has 158 valence electrons. The van der Waals surface area contributed by atoms with Gasteiger partial charge in [-0.1, -0.05) is 24.6 Å². The van der Waals surface area contributed by atoms with Crippen molar-refractivity contribution in [1.29, 1.82) is 5.26 Å². The van der Waals surface area contributed by atoms with E-state index in [0.29, 0.717) is 37.0 Å². The Morgan fingerprint density at radius 3 is 2.73 bits per heavy atom. The first-order chi connectivity index (χ1) is 14.5. The van der Waals surface area contributed by atoms with Crippen molar-refractivity contribution in [3.8, 4) is 6.07 Å². The lowest BCUT2D eigenvalue weighted by molar-refractivity contribution is -0.112. The lowest BCUT2D eigenvalue weighted by Crippen LogP contribution is -2.37. The quantitative estimate of drug-likeness (QED) is 0.543. The van der Waals surface area contributed by atoms with Crippen LogP contribution in [-0.2, 0) is 16.1 Å². The number of morpholine rings is 1. The summed E-state index contributed by atoms with van der Waals surface area (Å²) in [4.78, 5) is 15.0. The largest absolute Gasteiger partial charge is 0.378 e. The lowest BCUT2D eigenvalue weighted by Gasteiger charge is -2.31. The summed E-state index contributed by atoms with van der Waals surface area (Å²) in [5.41, 5.74) is 4.45. The molecule has 1 saturated heterocycles. The number of ether oxygens (including phenoxy) is 1. The van der Waals surface area contributed by atoms with Gasteiger partial charge >= 0.3 is 0 Å². The Bertz CT molecular complexity index is 997. The number of amides is 1. The van der Waals surface area contributed by atoms with Crippen molar-refractivity contribution in [3.63, 3.8) is 0 Å². The minimum absolute atomic E-state index is 0.0552. The molecular formula is C23H27ClN4O2. The van der Waals surface area contributed by atoms with E-state index in [1.807, 2.05) is 26.0 Å². The number of halogens is 1. The monoisotopic (exact) mass is 426 g/mol. The molecule has 0 unspecified atom stereocenters. The zero-order chi connectivity index (χ0) is 21.7. The van der Waals surface area contributed by atoms with Crippen LogP contribution < -0.4 is 10.2 Å². The zero-order valence-electron chi connectivity index (χ0n) is 17.7. The third kappa shape index (κ3) is 4.69. The molecule has 1 aromatic heterocycles. The van der Waals surface area contributed by atoms with E-state index in [0.717, 1.165) is 35.6 Å². The molecule has 1 fully saturated rings. The smallest absolute Gasteiger partial charge is 0.266 e. The van der Waals surface area contributed by atoms with Crippen molar-refractivity contribution in [1.82, 2.24) is 4.57 Å². The van der Waals surface area contributed by atoms with E-state index < -0.39 is 5.91 Å². The fourth-order valence-electron chi connectivity index (χ4n) is 3.76. The first-order valence-corrected chi connectivity index (χ1v) is 10.5. The normalized spacial score (nSPS) is 14.5. The Kier molecular flexibility index (Phi) is 7.20. The van der Waals surface area contributed by atoms with E-state index in [-0.39, 0.29) is 5.57 Å². The summed E-state index contributed by atoms with van der Waals surface area (Å²) in [5.74, 6) is -0.449. The second kappa shape index (κ2) is 9.84. The van der Waals surface area contributed by atoms with Gasteiger partial charge in [0.1, 0.15) is 11.6 Å². The minimum atomic E-state index is -0.449. The summed E-state index contributed by atoms with van der Waals surface area (Å²) in [6.07, 6.45) is 2.67. The van der Waals surface area contributed by atoms with Gasteiger partial charge in [-0.15, -0.1) is 0 Å². The molecule has 1 aliphatic heterocycles. The van der Waals surface area contributed by atoms with Gasteiger partial charge in [-0.2, -0.15) is 5.26 Å². The van der Waals surface area contributed by atoms with Gasteiger partial charge in [-0.3, -0.25) is 4.79 Å². The molecule has 3 rings (SSSR count). The number of nitrogens with zero attached hydrogens (tertiary/aromatic N) is 3. The molecule has 0 aliphatic carbocycles. The van der Waals surface area contributed by atoms with E-state index in [9.17, 15) is 10.1 Å². The number of benzene rings is 1. The molecular weight excluding hydrogens is 400 g/mol. The molecule has 1 N–H and O–H groups in total. The summed E-state index contributed by atoms with van der Waals surface area (Å²) in [7, 11) is 0. The number of carbonyl (C=O) groups excluding carboxylic acids is 1. The number of para-hydroxylation sites is 1. The summed E-state index contributed by atoms with van der Waals surface area (Å²) in [6, 6.07) is 9.44. The number of hydrogen-bond donors (Lipinski definition) is 1. The molecule has 0 spiro atoms. The highest BCUT2D eigenvalue weighted by Gasteiger charge is 2.20. The summed E-state index contributed by atoms with van der Waals surface area (Å²) >= 11 is 6.44. The molecule has 6 nitrogen and oxygen atoms in total. The Labute approximate surface area is 182 Å². The second-order valence-electron chi connectivity index (χ2n) is 7.34. The highest BCUT2D eigenvalue weighted by molar-refractivity contribution is 6.34. The zero-order valence-corrected chi connectivity index (χ0v) is 18.4. The maximum atomic E-state index is 12.9. The van der Waals surface area contributed by atoms with Gasteiger partial charge in [0.05, 0.1) is 29.6 Å². The lowest BCUT2D eigenvalue weighted by atomic mass is 10.1. The highest BCUT2D eigenvalue weighted by atomic mass is 35.5. The highest BCUT2D eigenvalue weighted by Crippen LogP contribution is 2.34. The van der Waals surface area contributed by atoms with Crippen molar-refractivity contribution in [2.75, 3.05) is 36.5 Å². The fourth-order valence-corrected chi connectivity index (χ4v) is 4.05. The Morgan fingerprint density at radius 2 is 2.07 bits per heavy atom. The standard InChI is InChI=1S/C23H27ClN4O2/c1-4-8-28-16(2)13-18(17(28)3)14-19(15-25)23(29)26-21-7-5-6-20(24)22(21)27-9-11-30-12-10-27/h5-7,13-14H,4,8-12H2,1-3H3,(H,26,29)/b19-14+. The molecule has 30 heavy (non-hydrogen) atoms. The third-order valence-corrected chi connectivity index (χ3v) is 5.59. The van der Waals surface area contributed by atoms with E-state index >= 15 is 0 Å². The molecule has 0 radical (unpaired) electrons. The molecule has 1 aliphatic rings. The molecule has 2 heterocycles. The number of hydrogen-bond acceptors (Lipinski definition) is 4. The molecule has 0 bridgehead atoms. The van der Waals surface area contributed by atoms with Gasteiger partial charge in [0.25, 0.3) is 5.91 Å². The SMILES string of the molecule is CCCn1c(C)cc(/C=C(\C#N)C(=O)Nc2cccc(Cl)c2N2CCOCC2)c1C.